The number of ketones is 2. The van der Waals surface area contributed by atoms with Crippen LogP contribution in [0.4, 0.5) is 0 Å². The lowest BCUT2D eigenvalue weighted by Gasteiger charge is -2.16. The highest BCUT2D eigenvalue weighted by Crippen LogP contribution is 2.37. The number of amides is 1. The zero-order chi connectivity index (χ0) is 22.5. The molecule has 5 nitrogen and oxygen atoms in total. The molecule has 0 bridgehead atoms. The zero-order valence-electron chi connectivity index (χ0n) is 18.1. The van der Waals surface area contributed by atoms with Gasteiger partial charge in [0.05, 0.1) is 11.6 Å². The first-order chi connectivity index (χ1) is 14.8. The molecule has 1 saturated carbocycles. The Balaban J connectivity index is 1.67. The van der Waals surface area contributed by atoms with Crippen LogP contribution < -0.4 is 5.32 Å². The number of carbonyl (C=O) groups excluding carboxylic acids is 3. The molecule has 1 fully saturated rings. The number of nitriles is 1. The zero-order valence-corrected chi connectivity index (χ0v) is 18.1. The third kappa shape index (κ3) is 4.97. The predicted octanol–water partition coefficient (Wildman–Crippen LogP) is 4.16. The summed E-state index contributed by atoms with van der Waals surface area (Å²) in [7, 11) is 0. The molecule has 158 valence electrons. The minimum atomic E-state index is -0.781. The van der Waals surface area contributed by atoms with E-state index in [9.17, 15) is 14.4 Å². The van der Waals surface area contributed by atoms with E-state index in [0.717, 1.165) is 27.8 Å². The summed E-state index contributed by atoms with van der Waals surface area (Å²) >= 11 is 0. The van der Waals surface area contributed by atoms with Crippen molar-refractivity contribution in [2.45, 2.75) is 46.1 Å². The Kier molecular flexibility index (Phi) is 6.81. The maximum atomic E-state index is 13.1. The Hall–Kier alpha value is -3.52. The van der Waals surface area contributed by atoms with Gasteiger partial charge >= 0.3 is 0 Å². The molecule has 5 heteroatoms. The molecule has 2 atom stereocenters. The highest BCUT2D eigenvalue weighted by molar-refractivity contribution is 6.15. The van der Waals surface area contributed by atoms with Crippen LogP contribution in [0.15, 0.2) is 42.5 Å². The number of rotatable bonds is 6. The van der Waals surface area contributed by atoms with Gasteiger partial charge in [-0.3, -0.25) is 14.4 Å². The van der Waals surface area contributed by atoms with Gasteiger partial charge in [-0.15, -0.1) is 0 Å². The van der Waals surface area contributed by atoms with E-state index in [1.807, 2.05) is 45.1 Å². The highest BCUT2D eigenvalue weighted by atomic mass is 16.2. The lowest BCUT2D eigenvalue weighted by Crippen LogP contribution is -2.27. The number of hydrogen-bond donors (Lipinski definition) is 1. The van der Waals surface area contributed by atoms with Gasteiger partial charge in [0.1, 0.15) is 11.7 Å². The summed E-state index contributed by atoms with van der Waals surface area (Å²) in [6, 6.07) is 13.0. The van der Waals surface area contributed by atoms with E-state index >= 15 is 0 Å². The number of benzene rings is 2. The average Bonchev–Trinajstić information content (AvgIpc) is 3.00. The fraction of sp³-hybridized carbons (Fsp3) is 0.308. The molecule has 0 radical (unpaired) electrons. The monoisotopic (exact) mass is 414 g/mol. The first-order valence-corrected chi connectivity index (χ1v) is 10.4. The van der Waals surface area contributed by atoms with Crippen LogP contribution in [0, 0.1) is 31.1 Å². The van der Waals surface area contributed by atoms with Crippen LogP contribution in [0.1, 0.15) is 59.1 Å². The van der Waals surface area contributed by atoms with Crippen molar-refractivity contribution < 1.29 is 14.4 Å². The van der Waals surface area contributed by atoms with Crippen molar-refractivity contribution >= 4 is 23.5 Å². The highest BCUT2D eigenvalue weighted by Gasteiger charge is 2.43. The van der Waals surface area contributed by atoms with Gasteiger partial charge in [0.2, 0.25) is 5.91 Å². The topological polar surface area (TPSA) is 87.0 Å². The summed E-state index contributed by atoms with van der Waals surface area (Å²) in [6.07, 6.45) is 4.05. The van der Waals surface area contributed by atoms with Crippen molar-refractivity contribution in [3.05, 3.63) is 75.9 Å². The molecule has 1 aliphatic rings. The van der Waals surface area contributed by atoms with Crippen molar-refractivity contribution in [2.24, 2.45) is 5.92 Å². The van der Waals surface area contributed by atoms with E-state index in [0.29, 0.717) is 12.1 Å². The van der Waals surface area contributed by atoms with Gasteiger partial charge in [-0.1, -0.05) is 36.4 Å². The van der Waals surface area contributed by atoms with E-state index in [4.69, 9.17) is 5.26 Å². The molecule has 0 spiro atoms. The van der Waals surface area contributed by atoms with Crippen LogP contribution in [0.3, 0.4) is 0 Å². The number of Topliss-reactive ketones (excluding diaryl/α,β-unsaturated/α-hetero) is 2. The van der Waals surface area contributed by atoms with Crippen LogP contribution >= 0.6 is 0 Å². The number of carbonyl (C=O) groups is 3. The van der Waals surface area contributed by atoms with Gasteiger partial charge < -0.3 is 5.32 Å². The first-order valence-electron chi connectivity index (χ1n) is 10.4. The number of nitrogens with one attached hydrogen (secondary N) is 1. The Bertz CT molecular complexity index is 1070. The minimum absolute atomic E-state index is 0.00606. The second-order valence-corrected chi connectivity index (χ2v) is 8.06. The van der Waals surface area contributed by atoms with Crippen LogP contribution in [0.25, 0.3) is 6.08 Å². The maximum Gasteiger partial charge on any atom is 0.221 e. The van der Waals surface area contributed by atoms with Gasteiger partial charge in [0, 0.05) is 25.3 Å². The normalized spacial score (nSPS) is 18.4. The van der Waals surface area contributed by atoms with Gasteiger partial charge in [-0.05, 0) is 60.7 Å². The molecule has 3 rings (SSSR count). The summed E-state index contributed by atoms with van der Waals surface area (Å²) in [6.45, 7) is 6.11. The lowest BCUT2D eigenvalue weighted by atomic mass is 9.86. The van der Waals surface area contributed by atoms with Crippen molar-refractivity contribution in [1.82, 2.24) is 5.32 Å². The second-order valence-electron chi connectivity index (χ2n) is 8.06. The summed E-state index contributed by atoms with van der Waals surface area (Å²) < 4.78 is 0. The molecule has 0 heterocycles. The van der Waals surface area contributed by atoms with Crippen molar-refractivity contribution in [2.75, 3.05) is 0 Å². The quantitative estimate of drug-likeness (QED) is 0.719. The largest absolute Gasteiger partial charge is 0.352 e. The smallest absolute Gasteiger partial charge is 0.221 e. The van der Waals surface area contributed by atoms with Crippen molar-refractivity contribution in [3.63, 3.8) is 0 Å². The fourth-order valence-electron chi connectivity index (χ4n) is 4.28. The maximum absolute atomic E-state index is 13.1. The molecular weight excluding hydrogens is 388 g/mol. The molecule has 0 saturated heterocycles. The molecule has 2 unspecified atom stereocenters. The summed E-state index contributed by atoms with van der Waals surface area (Å²) in [5, 5.41) is 11.7. The lowest BCUT2D eigenvalue weighted by molar-refractivity contribution is -0.128. The van der Waals surface area contributed by atoms with Crippen molar-refractivity contribution in [3.8, 4) is 6.07 Å². The van der Waals surface area contributed by atoms with E-state index < -0.39 is 11.8 Å². The third-order valence-electron chi connectivity index (χ3n) is 5.72. The number of aryl methyl sites for hydroxylation is 2. The van der Waals surface area contributed by atoms with Crippen LogP contribution in [-0.2, 0) is 20.9 Å². The van der Waals surface area contributed by atoms with Crippen LogP contribution in [-0.4, -0.2) is 17.5 Å². The minimum Gasteiger partial charge on any atom is -0.352 e. The molecular formula is C26H26N2O3. The van der Waals surface area contributed by atoms with E-state index in [2.05, 4.69) is 11.4 Å². The molecule has 31 heavy (non-hydrogen) atoms. The molecule has 1 amide bonds. The fourth-order valence-corrected chi connectivity index (χ4v) is 4.28. The summed E-state index contributed by atoms with van der Waals surface area (Å²) in [4.78, 5) is 38.2. The molecule has 0 aromatic heterocycles. The van der Waals surface area contributed by atoms with Gasteiger partial charge in [0.25, 0.3) is 0 Å². The van der Waals surface area contributed by atoms with Crippen molar-refractivity contribution in [1.29, 1.82) is 5.26 Å². The van der Waals surface area contributed by atoms with Gasteiger partial charge in [0.15, 0.2) is 5.78 Å². The predicted molar refractivity (Wildman–Crippen MR) is 119 cm³/mol. The Morgan fingerprint density at radius 2 is 1.81 bits per heavy atom. The number of allylic oxidation sites excluding steroid dienone is 1. The SMILES string of the molecule is C/C=C/c1cc(C)c(C2C(=O)CC(CC(=O)NCc3ccc(C#N)cc3)C2=O)c(C)c1. The molecule has 2 aromatic carbocycles. The summed E-state index contributed by atoms with van der Waals surface area (Å²) in [5.41, 5.74) is 5.09. The molecule has 1 N–H and O–H groups in total. The Morgan fingerprint density at radius 3 is 2.39 bits per heavy atom. The van der Waals surface area contributed by atoms with E-state index in [1.165, 1.54) is 0 Å². The van der Waals surface area contributed by atoms with Crippen LogP contribution in [0.2, 0.25) is 0 Å². The van der Waals surface area contributed by atoms with Gasteiger partial charge in [-0.2, -0.15) is 5.26 Å². The van der Waals surface area contributed by atoms with Crippen LogP contribution in [0.5, 0.6) is 0 Å². The third-order valence-corrected chi connectivity index (χ3v) is 5.72. The number of hydrogen-bond acceptors (Lipinski definition) is 4. The Labute approximate surface area is 182 Å². The molecule has 2 aromatic rings. The standard InChI is InChI=1S/C26H26N2O3/c1-4-5-20-10-16(2)24(17(3)11-20)25-22(29)12-21(26(25)31)13-23(30)28-15-19-8-6-18(14-27)7-9-19/h4-11,21,25H,12-13,15H2,1-3H3,(H,28,30)/b5-4+. The van der Waals surface area contributed by atoms with E-state index in [-0.39, 0.29) is 30.3 Å². The molecule has 0 aliphatic heterocycles. The van der Waals surface area contributed by atoms with E-state index in [1.54, 1.807) is 24.3 Å². The average molecular weight is 415 g/mol. The first kappa shape index (κ1) is 22.2. The van der Waals surface area contributed by atoms with Gasteiger partial charge in [-0.25, -0.2) is 0 Å². The second kappa shape index (κ2) is 9.53. The Morgan fingerprint density at radius 1 is 1.16 bits per heavy atom. The molecule has 1 aliphatic carbocycles. The summed E-state index contributed by atoms with van der Waals surface area (Å²) in [5.74, 6) is -1.90. The number of nitrogens with zero attached hydrogens (tertiary/aromatic N) is 1.